The number of halogens is 2. The Morgan fingerprint density at radius 1 is 1.17 bits per heavy atom. The lowest BCUT2D eigenvalue weighted by Crippen LogP contribution is -2.55. The third-order valence-corrected chi connectivity index (χ3v) is 8.09. The van der Waals surface area contributed by atoms with Gasteiger partial charge in [0.2, 0.25) is 0 Å². The van der Waals surface area contributed by atoms with Crippen molar-refractivity contribution in [3.8, 4) is 0 Å². The largest absolute Gasteiger partial charge is 0.367 e. The lowest BCUT2D eigenvalue weighted by molar-refractivity contribution is 0.138. The summed E-state index contributed by atoms with van der Waals surface area (Å²) in [5.41, 5.74) is 1.41. The molecule has 1 N–H and O–H groups in total. The summed E-state index contributed by atoms with van der Waals surface area (Å²) in [6, 6.07) is 6.32. The molecule has 7 heteroatoms. The molecular formula is C23H34Cl2N4O. The number of hydrogen-bond donors (Lipinski definition) is 1. The minimum absolute atomic E-state index is 0.0341. The van der Waals surface area contributed by atoms with E-state index in [9.17, 15) is 4.79 Å². The number of nitrogens with zero attached hydrogens (tertiary/aromatic N) is 3. The van der Waals surface area contributed by atoms with E-state index in [1.165, 1.54) is 38.6 Å². The second-order valence-corrected chi connectivity index (χ2v) is 10.3. The second-order valence-electron chi connectivity index (χ2n) is 9.56. The van der Waals surface area contributed by atoms with Crippen molar-refractivity contribution in [2.75, 3.05) is 45.2 Å². The lowest BCUT2D eigenvalue weighted by Gasteiger charge is -2.44. The number of rotatable bonds is 5. The Morgan fingerprint density at radius 3 is 2.57 bits per heavy atom. The molecule has 1 aromatic rings. The second kappa shape index (κ2) is 9.13. The van der Waals surface area contributed by atoms with Crippen molar-refractivity contribution < 1.29 is 4.79 Å². The van der Waals surface area contributed by atoms with Crippen molar-refractivity contribution >= 4 is 34.9 Å². The average Bonchev–Trinajstić information content (AvgIpc) is 3.49. The standard InChI is InChI=1S/C23H34Cl2N4O/c1-27(2)22(30)26-18-8-6-17(7-9-18)10-13-29-15-14-28(16-23(29)11-12-23)20-5-3-4-19(24)21(20)25/h3-5,17-18H,6-16H2,1-2H3,(H,26,30)/t17-,18-. The summed E-state index contributed by atoms with van der Waals surface area (Å²) in [4.78, 5) is 18.6. The molecule has 5 nitrogen and oxygen atoms in total. The van der Waals surface area contributed by atoms with E-state index in [4.69, 9.17) is 23.2 Å². The van der Waals surface area contributed by atoms with E-state index in [2.05, 4.69) is 21.2 Å². The minimum atomic E-state index is 0.0341. The molecule has 1 aliphatic heterocycles. The lowest BCUT2D eigenvalue weighted by atomic mass is 9.84. The van der Waals surface area contributed by atoms with Gasteiger partial charge in [-0.05, 0) is 69.5 Å². The van der Waals surface area contributed by atoms with Crippen LogP contribution in [0.5, 0.6) is 0 Å². The van der Waals surface area contributed by atoms with Crippen LogP contribution in [-0.2, 0) is 0 Å². The fourth-order valence-corrected chi connectivity index (χ4v) is 5.58. The number of carbonyl (C=O) groups is 1. The summed E-state index contributed by atoms with van der Waals surface area (Å²) in [5.74, 6) is 0.786. The van der Waals surface area contributed by atoms with Crippen molar-refractivity contribution in [2.24, 2.45) is 5.92 Å². The Morgan fingerprint density at radius 2 is 1.90 bits per heavy atom. The van der Waals surface area contributed by atoms with Crippen LogP contribution in [0.2, 0.25) is 10.0 Å². The van der Waals surface area contributed by atoms with E-state index in [0.717, 1.165) is 44.1 Å². The highest BCUT2D eigenvalue weighted by molar-refractivity contribution is 6.43. The molecule has 4 rings (SSSR count). The zero-order chi connectivity index (χ0) is 21.3. The maximum Gasteiger partial charge on any atom is 0.317 e. The highest BCUT2D eigenvalue weighted by Crippen LogP contribution is 2.46. The van der Waals surface area contributed by atoms with E-state index in [1.807, 2.05) is 12.1 Å². The molecular weight excluding hydrogens is 419 g/mol. The topological polar surface area (TPSA) is 38.8 Å². The van der Waals surface area contributed by atoms with E-state index < -0.39 is 0 Å². The maximum atomic E-state index is 11.9. The molecule has 0 aromatic heterocycles. The van der Waals surface area contributed by atoms with Gasteiger partial charge in [0, 0.05) is 45.3 Å². The zero-order valence-corrected chi connectivity index (χ0v) is 19.7. The number of anilines is 1. The van der Waals surface area contributed by atoms with E-state index >= 15 is 0 Å². The first-order chi connectivity index (χ1) is 14.4. The Hall–Kier alpha value is -1.17. The van der Waals surface area contributed by atoms with Gasteiger partial charge in [-0.25, -0.2) is 4.79 Å². The van der Waals surface area contributed by atoms with E-state index in [0.29, 0.717) is 21.6 Å². The van der Waals surface area contributed by atoms with Gasteiger partial charge in [-0.1, -0.05) is 29.3 Å². The van der Waals surface area contributed by atoms with Crippen molar-refractivity contribution in [1.82, 2.24) is 15.1 Å². The Labute approximate surface area is 190 Å². The summed E-state index contributed by atoms with van der Waals surface area (Å²) < 4.78 is 0. The Kier molecular flexibility index (Phi) is 6.71. The van der Waals surface area contributed by atoms with Gasteiger partial charge in [0.15, 0.2) is 0 Å². The van der Waals surface area contributed by atoms with Crippen LogP contribution in [0.3, 0.4) is 0 Å². The first-order valence-corrected chi connectivity index (χ1v) is 12.1. The molecule has 2 saturated carbocycles. The number of carbonyl (C=O) groups excluding carboxylic acids is 1. The van der Waals surface area contributed by atoms with E-state index in [-0.39, 0.29) is 6.03 Å². The fraction of sp³-hybridized carbons (Fsp3) is 0.696. The molecule has 1 heterocycles. The molecule has 2 amide bonds. The van der Waals surface area contributed by atoms with Crippen molar-refractivity contribution in [2.45, 2.75) is 56.5 Å². The predicted molar refractivity (Wildman–Crippen MR) is 125 cm³/mol. The quantitative estimate of drug-likeness (QED) is 0.692. The smallest absolute Gasteiger partial charge is 0.317 e. The first-order valence-electron chi connectivity index (χ1n) is 11.3. The van der Waals surface area contributed by atoms with Crippen LogP contribution in [-0.4, -0.2) is 67.7 Å². The highest BCUT2D eigenvalue weighted by atomic mass is 35.5. The maximum absolute atomic E-state index is 11.9. The third-order valence-electron chi connectivity index (χ3n) is 7.28. The Balaban J connectivity index is 1.25. The molecule has 0 atom stereocenters. The first kappa shape index (κ1) is 22.0. The van der Waals surface area contributed by atoms with Gasteiger partial charge in [0.1, 0.15) is 0 Å². The molecule has 3 aliphatic rings. The van der Waals surface area contributed by atoms with Gasteiger partial charge in [0.25, 0.3) is 0 Å². The van der Waals surface area contributed by atoms with Crippen molar-refractivity contribution in [3.05, 3.63) is 28.2 Å². The van der Waals surface area contributed by atoms with Crippen LogP contribution in [0.4, 0.5) is 10.5 Å². The van der Waals surface area contributed by atoms with Gasteiger partial charge in [-0.15, -0.1) is 0 Å². The van der Waals surface area contributed by atoms with Gasteiger partial charge in [-0.2, -0.15) is 0 Å². The monoisotopic (exact) mass is 452 g/mol. The molecule has 0 radical (unpaired) electrons. The highest BCUT2D eigenvalue weighted by Gasteiger charge is 2.51. The summed E-state index contributed by atoms with van der Waals surface area (Å²) in [6.45, 7) is 4.34. The number of piperazine rings is 1. The average molecular weight is 453 g/mol. The molecule has 2 aliphatic carbocycles. The van der Waals surface area contributed by atoms with Crippen LogP contribution in [0, 0.1) is 5.92 Å². The number of benzene rings is 1. The Bertz CT molecular complexity index is 760. The molecule has 3 fully saturated rings. The molecule has 1 spiro atoms. The van der Waals surface area contributed by atoms with Crippen LogP contribution >= 0.6 is 23.2 Å². The number of hydrogen-bond acceptors (Lipinski definition) is 3. The molecule has 1 aromatic carbocycles. The van der Waals surface area contributed by atoms with Crippen LogP contribution in [0.15, 0.2) is 18.2 Å². The molecule has 0 bridgehead atoms. The number of amides is 2. The fourth-order valence-electron chi connectivity index (χ4n) is 5.16. The molecule has 1 saturated heterocycles. The summed E-state index contributed by atoms with van der Waals surface area (Å²) >= 11 is 12.7. The zero-order valence-electron chi connectivity index (χ0n) is 18.2. The minimum Gasteiger partial charge on any atom is -0.367 e. The van der Waals surface area contributed by atoms with Gasteiger partial charge in [0.05, 0.1) is 15.7 Å². The normalized spacial score (nSPS) is 25.9. The summed E-state index contributed by atoms with van der Waals surface area (Å²) in [5, 5.41) is 4.47. The van der Waals surface area contributed by atoms with E-state index in [1.54, 1.807) is 19.0 Å². The predicted octanol–water partition coefficient (Wildman–Crippen LogP) is 4.87. The molecule has 30 heavy (non-hydrogen) atoms. The van der Waals surface area contributed by atoms with Gasteiger partial charge >= 0.3 is 6.03 Å². The van der Waals surface area contributed by atoms with Gasteiger partial charge < -0.3 is 15.1 Å². The summed E-state index contributed by atoms with van der Waals surface area (Å²) in [6.07, 6.45) is 8.50. The van der Waals surface area contributed by atoms with Crippen LogP contribution in [0.1, 0.15) is 44.9 Å². The summed E-state index contributed by atoms with van der Waals surface area (Å²) in [7, 11) is 3.60. The number of urea groups is 1. The SMILES string of the molecule is CN(C)C(=O)N[C@H]1CC[C@H](CCN2CCN(c3cccc(Cl)c3Cl)CC23CC3)CC1. The van der Waals surface area contributed by atoms with Gasteiger partial charge in [-0.3, -0.25) is 4.90 Å². The molecule has 166 valence electrons. The van der Waals surface area contributed by atoms with Crippen LogP contribution < -0.4 is 10.2 Å². The van der Waals surface area contributed by atoms with Crippen molar-refractivity contribution in [1.29, 1.82) is 0 Å². The number of nitrogens with one attached hydrogen (secondary N) is 1. The van der Waals surface area contributed by atoms with Crippen LogP contribution in [0.25, 0.3) is 0 Å². The third kappa shape index (κ3) is 4.84. The van der Waals surface area contributed by atoms with Crippen molar-refractivity contribution in [3.63, 3.8) is 0 Å². The molecule has 0 unspecified atom stereocenters.